The Morgan fingerprint density at radius 3 is 2.67 bits per heavy atom. The summed E-state index contributed by atoms with van der Waals surface area (Å²) in [4.78, 5) is 26.8. The van der Waals surface area contributed by atoms with E-state index in [9.17, 15) is 9.59 Å². The lowest BCUT2D eigenvalue weighted by Gasteiger charge is -2.11. The Morgan fingerprint density at radius 1 is 1.39 bits per heavy atom. The highest BCUT2D eigenvalue weighted by Crippen LogP contribution is 2.17. The Morgan fingerprint density at radius 2 is 2.06 bits per heavy atom. The van der Waals surface area contributed by atoms with E-state index in [1.54, 1.807) is 18.2 Å². The molecule has 0 aliphatic carbocycles. The molecule has 1 aromatic heterocycles. The van der Waals surface area contributed by atoms with Gasteiger partial charge in [0.1, 0.15) is 0 Å². The summed E-state index contributed by atoms with van der Waals surface area (Å²) in [6.07, 6.45) is 1.45. The molecule has 96 valence electrons. The highest BCUT2D eigenvalue weighted by molar-refractivity contribution is 5.92. The van der Waals surface area contributed by atoms with Crippen LogP contribution in [0.4, 0.5) is 5.69 Å². The van der Waals surface area contributed by atoms with Crippen molar-refractivity contribution in [1.82, 2.24) is 9.55 Å². The number of benzene rings is 1. The fourth-order valence-corrected chi connectivity index (χ4v) is 2.17. The smallest absolute Gasteiger partial charge is 0.333 e. The summed E-state index contributed by atoms with van der Waals surface area (Å²) < 4.78 is 1.21. The van der Waals surface area contributed by atoms with Crippen LogP contribution < -0.4 is 11.4 Å². The third-order valence-electron chi connectivity index (χ3n) is 3.26. The number of carbonyl (C=O) groups excluding carboxylic acids is 1. The number of nitrogen functional groups attached to an aromatic ring is 1. The van der Waals surface area contributed by atoms with Crippen molar-refractivity contribution >= 4 is 22.6 Å². The van der Waals surface area contributed by atoms with E-state index in [1.807, 2.05) is 13.8 Å². The van der Waals surface area contributed by atoms with Gasteiger partial charge in [0.25, 0.3) is 0 Å². The highest BCUT2D eigenvalue weighted by atomic mass is 16.2. The molecule has 0 saturated heterocycles. The van der Waals surface area contributed by atoms with Gasteiger partial charge in [0, 0.05) is 11.6 Å². The fraction of sp³-hybridized carbons (Fsp3) is 0.385. The molecule has 0 amide bonds. The van der Waals surface area contributed by atoms with Crippen LogP contribution in [0.2, 0.25) is 0 Å². The second-order valence-electron chi connectivity index (χ2n) is 4.39. The van der Waals surface area contributed by atoms with Crippen LogP contribution in [0.1, 0.15) is 31.5 Å². The van der Waals surface area contributed by atoms with Crippen molar-refractivity contribution in [2.24, 2.45) is 5.92 Å². The van der Waals surface area contributed by atoms with E-state index < -0.39 is 5.69 Å². The minimum absolute atomic E-state index is 0.126. The van der Waals surface area contributed by atoms with Crippen molar-refractivity contribution < 1.29 is 4.79 Å². The summed E-state index contributed by atoms with van der Waals surface area (Å²) in [6.45, 7) is 3.90. The van der Waals surface area contributed by atoms with E-state index >= 15 is 0 Å². The molecular weight excluding hydrogens is 230 g/mol. The standard InChI is InChI=1S/C13H17N3O2/c1-3-8(4-2)12(17)16-11-6-5-9(14)7-10(11)15-13(16)18/h5-8H,3-4,14H2,1-2H3,(H,15,18). The van der Waals surface area contributed by atoms with Crippen molar-refractivity contribution in [3.8, 4) is 0 Å². The Labute approximate surface area is 105 Å². The first-order valence-corrected chi connectivity index (χ1v) is 6.13. The Balaban J connectivity index is 2.60. The monoisotopic (exact) mass is 247 g/mol. The number of hydrogen-bond acceptors (Lipinski definition) is 3. The van der Waals surface area contributed by atoms with Gasteiger partial charge in [0.15, 0.2) is 0 Å². The molecule has 2 aromatic rings. The predicted octanol–water partition coefficient (Wildman–Crippen LogP) is 1.99. The van der Waals surface area contributed by atoms with Crippen molar-refractivity contribution in [2.75, 3.05) is 5.73 Å². The second kappa shape index (κ2) is 4.68. The van der Waals surface area contributed by atoms with Gasteiger partial charge in [-0.2, -0.15) is 0 Å². The molecule has 0 spiro atoms. The molecule has 0 atom stereocenters. The molecule has 0 saturated carbocycles. The van der Waals surface area contributed by atoms with Gasteiger partial charge in [0.05, 0.1) is 11.0 Å². The number of rotatable bonds is 3. The lowest BCUT2D eigenvalue weighted by Crippen LogP contribution is -2.29. The minimum Gasteiger partial charge on any atom is -0.399 e. The van der Waals surface area contributed by atoms with Crippen molar-refractivity contribution in [1.29, 1.82) is 0 Å². The number of carbonyl (C=O) groups is 1. The maximum atomic E-state index is 12.3. The number of nitrogens with zero attached hydrogens (tertiary/aromatic N) is 1. The first-order valence-electron chi connectivity index (χ1n) is 6.13. The summed E-state index contributed by atoms with van der Waals surface area (Å²) >= 11 is 0. The molecular formula is C13H17N3O2. The number of H-pyrrole nitrogens is 1. The molecule has 5 nitrogen and oxygen atoms in total. The number of nitrogens with two attached hydrogens (primary N) is 1. The maximum Gasteiger partial charge on any atom is 0.333 e. The van der Waals surface area contributed by atoms with Gasteiger partial charge < -0.3 is 10.7 Å². The van der Waals surface area contributed by atoms with Gasteiger partial charge in [-0.15, -0.1) is 0 Å². The second-order valence-corrected chi connectivity index (χ2v) is 4.39. The molecule has 3 N–H and O–H groups in total. The van der Waals surface area contributed by atoms with Crippen LogP contribution in [0.3, 0.4) is 0 Å². The van der Waals surface area contributed by atoms with Crippen LogP contribution in [0, 0.1) is 5.92 Å². The van der Waals surface area contributed by atoms with Gasteiger partial charge in [-0.1, -0.05) is 13.8 Å². The summed E-state index contributed by atoms with van der Waals surface area (Å²) in [7, 11) is 0. The molecule has 0 aliphatic rings. The Bertz CT molecular complexity index is 635. The molecule has 5 heteroatoms. The van der Waals surface area contributed by atoms with E-state index in [2.05, 4.69) is 4.98 Å². The van der Waals surface area contributed by atoms with E-state index in [0.29, 0.717) is 16.7 Å². The lowest BCUT2D eigenvalue weighted by atomic mass is 10.0. The first-order chi connectivity index (χ1) is 8.58. The van der Waals surface area contributed by atoms with Gasteiger partial charge in [-0.25, -0.2) is 9.36 Å². The van der Waals surface area contributed by atoms with Crippen molar-refractivity contribution in [3.05, 3.63) is 28.7 Å². The van der Waals surface area contributed by atoms with Gasteiger partial charge in [-0.3, -0.25) is 4.79 Å². The van der Waals surface area contributed by atoms with E-state index in [0.717, 1.165) is 12.8 Å². The van der Waals surface area contributed by atoms with Crippen LogP contribution in [0.15, 0.2) is 23.0 Å². The number of anilines is 1. The van der Waals surface area contributed by atoms with Crippen LogP contribution >= 0.6 is 0 Å². The molecule has 0 bridgehead atoms. The molecule has 0 radical (unpaired) electrons. The zero-order chi connectivity index (χ0) is 13.3. The zero-order valence-electron chi connectivity index (χ0n) is 10.6. The van der Waals surface area contributed by atoms with E-state index in [4.69, 9.17) is 5.73 Å². The molecule has 1 aromatic carbocycles. The third kappa shape index (κ3) is 1.92. The first kappa shape index (κ1) is 12.4. The molecule has 0 fully saturated rings. The summed E-state index contributed by atoms with van der Waals surface area (Å²) in [5.41, 5.74) is 7.01. The SMILES string of the molecule is CCC(CC)C(=O)n1c(=O)[nH]c2cc(N)ccc21. The number of fused-ring (bicyclic) bond motifs is 1. The quantitative estimate of drug-likeness (QED) is 0.814. The fourth-order valence-electron chi connectivity index (χ4n) is 2.17. The molecule has 2 rings (SSSR count). The largest absolute Gasteiger partial charge is 0.399 e. The van der Waals surface area contributed by atoms with Crippen molar-refractivity contribution in [2.45, 2.75) is 26.7 Å². The average Bonchev–Trinajstić information content (AvgIpc) is 2.65. The van der Waals surface area contributed by atoms with Crippen LogP contribution in [0.5, 0.6) is 0 Å². The van der Waals surface area contributed by atoms with Crippen LogP contribution in [0.25, 0.3) is 11.0 Å². The van der Waals surface area contributed by atoms with Gasteiger partial charge in [-0.05, 0) is 31.0 Å². The normalized spacial score (nSPS) is 11.3. The van der Waals surface area contributed by atoms with E-state index in [1.165, 1.54) is 4.57 Å². The lowest BCUT2D eigenvalue weighted by molar-refractivity contribution is 0.0828. The minimum atomic E-state index is -0.396. The molecule has 0 aliphatic heterocycles. The summed E-state index contributed by atoms with van der Waals surface area (Å²) in [5, 5.41) is 0. The van der Waals surface area contributed by atoms with Crippen LogP contribution in [-0.2, 0) is 0 Å². The van der Waals surface area contributed by atoms with Crippen LogP contribution in [-0.4, -0.2) is 15.5 Å². The zero-order valence-corrected chi connectivity index (χ0v) is 10.6. The Hall–Kier alpha value is -2.04. The molecule has 0 unspecified atom stereocenters. The van der Waals surface area contributed by atoms with E-state index in [-0.39, 0.29) is 11.8 Å². The number of hydrogen-bond donors (Lipinski definition) is 2. The number of aromatic nitrogens is 2. The number of imidazole rings is 1. The topological polar surface area (TPSA) is 80.9 Å². The molecule has 18 heavy (non-hydrogen) atoms. The van der Waals surface area contributed by atoms with Crippen molar-refractivity contribution in [3.63, 3.8) is 0 Å². The third-order valence-corrected chi connectivity index (χ3v) is 3.26. The van der Waals surface area contributed by atoms with Gasteiger partial charge in [0.2, 0.25) is 5.91 Å². The predicted molar refractivity (Wildman–Crippen MR) is 71.7 cm³/mol. The maximum absolute atomic E-state index is 12.3. The summed E-state index contributed by atoms with van der Waals surface area (Å²) in [6, 6.07) is 5.04. The summed E-state index contributed by atoms with van der Waals surface area (Å²) in [5.74, 6) is -0.278. The Kier molecular flexibility index (Phi) is 3.23. The number of nitrogens with one attached hydrogen (secondary N) is 1. The average molecular weight is 247 g/mol. The number of aromatic amines is 1. The highest BCUT2D eigenvalue weighted by Gasteiger charge is 2.20. The van der Waals surface area contributed by atoms with Gasteiger partial charge >= 0.3 is 5.69 Å². The molecule has 1 heterocycles.